The van der Waals surface area contributed by atoms with Crippen molar-refractivity contribution in [3.63, 3.8) is 0 Å². The molecular formula is C17H19F2NO. The first-order chi connectivity index (χ1) is 10.0. The summed E-state index contributed by atoms with van der Waals surface area (Å²) in [6.45, 7) is 5.12. The van der Waals surface area contributed by atoms with Crippen LogP contribution >= 0.6 is 0 Å². The van der Waals surface area contributed by atoms with Crippen LogP contribution in [0.25, 0.3) is 0 Å². The smallest absolute Gasteiger partial charge is 0.126 e. The molecule has 0 aliphatic carbocycles. The lowest BCUT2D eigenvalue weighted by molar-refractivity contribution is 0.304. The molecule has 0 saturated carbocycles. The molecule has 0 unspecified atom stereocenters. The van der Waals surface area contributed by atoms with Gasteiger partial charge in [0.25, 0.3) is 0 Å². The molecule has 2 aromatic carbocycles. The van der Waals surface area contributed by atoms with Crippen molar-refractivity contribution < 1.29 is 13.5 Å². The third-order valence-corrected chi connectivity index (χ3v) is 2.97. The van der Waals surface area contributed by atoms with Gasteiger partial charge in [-0.3, -0.25) is 0 Å². The van der Waals surface area contributed by atoms with Crippen LogP contribution in [0.3, 0.4) is 0 Å². The van der Waals surface area contributed by atoms with Gasteiger partial charge in [0.2, 0.25) is 0 Å². The Morgan fingerprint density at radius 3 is 2.14 bits per heavy atom. The summed E-state index contributed by atoms with van der Waals surface area (Å²) < 4.78 is 31.6. The van der Waals surface area contributed by atoms with E-state index >= 15 is 0 Å². The normalized spacial score (nSPS) is 10.9. The number of hydrogen-bond acceptors (Lipinski definition) is 2. The molecule has 0 heterocycles. The molecule has 1 N–H and O–H groups in total. The Hall–Kier alpha value is -1.94. The van der Waals surface area contributed by atoms with Gasteiger partial charge in [0.15, 0.2) is 0 Å². The van der Waals surface area contributed by atoms with Crippen LogP contribution in [0.5, 0.6) is 5.75 Å². The van der Waals surface area contributed by atoms with Crippen LogP contribution in [-0.4, -0.2) is 6.04 Å². The zero-order valence-electron chi connectivity index (χ0n) is 12.2. The predicted octanol–water partition coefficient (Wildman–Crippen LogP) is 4.04. The highest BCUT2D eigenvalue weighted by Crippen LogP contribution is 2.15. The lowest BCUT2D eigenvalue weighted by Gasteiger charge is -2.10. The topological polar surface area (TPSA) is 21.3 Å². The van der Waals surface area contributed by atoms with Gasteiger partial charge in [0.1, 0.15) is 24.0 Å². The lowest BCUT2D eigenvalue weighted by Crippen LogP contribution is -2.21. The number of benzene rings is 2. The Labute approximate surface area is 123 Å². The Morgan fingerprint density at radius 2 is 1.57 bits per heavy atom. The minimum Gasteiger partial charge on any atom is -0.489 e. The Morgan fingerprint density at radius 1 is 0.952 bits per heavy atom. The van der Waals surface area contributed by atoms with Gasteiger partial charge in [-0.15, -0.1) is 0 Å². The summed E-state index contributed by atoms with van der Waals surface area (Å²) in [4.78, 5) is 0. The van der Waals surface area contributed by atoms with E-state index in [0.29, 0.717) is 17.4 Å². The molecule has 0 atom stereocenters. The van der Waals surface area contributed by atoms with Gasteiger partial charge in [-0.1, -0.05) is 26.0 Å². The van der Waals surface area contributed by atoms with E-state index in [2.05, 4.69) is 19.2 Å². The molecule has 0 spiro atoms. The minimum atomic E-state index is -0.594. The van der Waals surface area contributed by atoms with Gasteiger partial charge in [0.05, 0.1) is 0 Å². The first-order valence-corrected chi connectivity index (χ1v) is 6.93. The lowest BCUT2D eigenvalue weighted by atomic mass is 10.2. The summed E-state index contributed by atoms with van der Waals surface area (Å²) >= 11 is 0. The van der Waals surface area contributed by atoms with Gasteiger partial charge in [-0.2, -0.15) is 0 Å². The van der Waals surface area contributed by atoms with Gasteiger partial charge in [-0.25, -0.2) is 8.78 Å². The Balaban J connectivity index is 1.91. The number of nitrogens with one attached hydrogen (secondary N) is 1. The molecular weight excluding hydrogens is 272 g/mol. The van der Waals surface area contributed by atoms with Gasteiger partial charge < -0.3 is 10.1 Å². The molecule has 0 saturated heterocycles. The van der Waals surface area contributed by atoms with E-state index in [1.165, 1.54) is 12.1 Å². The average molecular weight is 291 g/mol. The fourth-order valence-corrected chi connectivity index (χ4v) is 1.89. The number of hydrogen-bond donors (Lipinski definition) is 1. The fraction of sp³-hybridized carbons (Fsp3) is 0.294. The highest BCUT2D eigenvalue weighted by molar-refractivity contribution is 5.28. The Kier molecular flexibility index (Phi) is 5.28. The highest BCUT2D eigenvalue weighted by Gasteiger charge is 2.02. The maximum absolute atomic E-state index is 13.1. The minimum absolute atomic E-state index is 0.137. The van der Waals surface area contributed by atoms with Gasteiger partial charge >= 0.3 is 0 Å². The standard InChI is InChI=1S/C17H19F2NO/c1-12(2)20-10-13-3-5-17(6-4-13)21-11-14-7-15(18)9-16(19)8-14/h3-9,12,20H,10-11H2,1-2H3. The maximum Gasteiger partial charge on any atom is 0.126 e. The van der Waals surface area contributed by atoms with Gasteiger partial charge in [0, 0.05) is 18.7 Å². The predicted molar refractivity (Wildman–Crippen MR) is 79.1 cm³/mol. The SMILES string of the molecule is CC(C)NCc1ccc(OCc2cc(F)cc(F)c2)cc1. The molecule has 0 aromatic heterocycles. The fourth-order valence-electron chi connectivity index (χ4n) is 1.89. The monoisotopic (exact) mass is 291 g/mol. The van der Waals surface area contributed by atoms with Crippen molar-refractivity contribution in [2.24, 2.45) is 0 Å². The molecule has 2 aromatic rings. The van der Waals surface area contributed by atoms with Crippen molar-refractivity contribution in [2.75, 3.05) is 0 Å². The van der Waals surface area contributed by atoms with Crippen LogP contribution in [0.15, 0.2) is 42.5 Å². The van der Waals surface area contributed by atoms with Crippen LogP contribution in [0.4, 0.5) is 8.78 Å². The van der Waals surface area contributed by atoms with Gasteiger partial charge in [-0.05, 0) is 35.4 Å². The van der Waals surface area contributed by atoms with Crippen LogP contribution in [0.1, 0.15) is 25.0 Å². The van der Waals surface area contributed by atoms with E-state index in [4.69, 9.17) is 4.74 Å². The van der Waals surface area contributed by atoms with Crippen molar-refractivity contribution in [3.05, 3.63) is 65.2 Å². The molecule has 4 heteroatoms. The Bertz CT molecular complexity index is 562. The van der Waals surface area contributed by atoms with E-state index in [1.54, 1.807) is 0 Å². The first-order valence-electron chi connectivity index (χ1n) is 6.93. The highest BCUT2D eigenvalue weighted by atomic mass is 19.1. The second-order valence-corrected chi connectivity index (χ2v) is 5.25. The summed E-state index contributed by atoms with van der Waals surface area (Å²) in [7, 11) is 0. The quantitative estimate of drug-likeness (QED) is 0.867. The summed E-state index contributed by atoms with van der Waals surface area (Å²) in [6, 6.07) is 11.5. The zero-order chi connectivity index (χ0) is 15.2. The average Bonchev–Trinajstić information content (AvgIpc) is 2.43. The maximum atomic E-state index is 13.1. The summed E-state index contributed by atoms with van der Waals surface area (Å²) in [5.74, 6) is -0.514. The summed E-state index contributed by atoms with van der Waals surface area (Å²) in [6.07, 6.45) is 0. The number of ether oxygens (including phenoxy) is 1. The third-order valence-electron chi connectivity index (χ3n) is 2.97. The molecule has 21 heavy (non-hydrogen) atoms. The third kappa shape index (κ3) is 5.16. The molecule has 0 bridgehead atoms. The molecule has 0 aliphatic rings. The van der Waals surface area contributed by atoms with Crippen LogP contribution in [-0.2, 0) is 13.2 Å². The molecule has 0 aliphatic heterocycles. The van der Waals surface area contributed by atoms with E-state index < -0.39 is 11.6 Å². The molecule has 2 rings (SSSR count). The molecule has 0 amide bonds. The second kappa shape index (κ2) is 7.18. The second-order valence-electron chi connectivity index (χ2n) is 5.25. The molecule has 112 valence electrons. The molecule has 0 fully saturated rings. The van der Waals surface area contributed by atoms with Crippen LogP contribution in [0, 0.1) is 11.6 Å². The summed E-state index contributed by atoms with van der Waals surface area (Å²) in [5.41, 5.74) is 1.63. The van der Waals surface area contributed by atoms with E-state index in [-0.39, 0.29) is 6.61 Å². The zero-order valence-corrected chi connectivity index (χ0v) is 12.2. The van der Waals surface area contributed by atoms with Crippen molar-refractivity contribution in [1.82, 2.24) is 5.32 Å². The molecule has 0 radical (unpaired) electrons. The summed E-state index contributed by atoms with van der Waals surface area (Å²) in [5, 5.41) is 3.33. The van der Waals surface area contributed by atoms with Crippen molar-refractivity contribution >= 4 is 0 Å². The van der Waals surface area contributed by atoms with E-state index in [1.807, 2.05) is 24.3 Å². The van der Waals surface area contributed by atoms with E-state index in [0.717, 1.165) is 18.2 Å². The number of halogens is 2. The number of rotatable bonds is 6. The first kappa shape index (κ1) is 15.4. The largest absolute Gasteiger partial charge is 0.489 e. The van der Waals surface area contributed by atoms with Crippen molar-refractivity contribution in [1.29, 1.82) is 0 Å². The van der Waals surface area contributed by atoms with E-state index in [9.17, 15) is 8.78 Å². The van der Waals surface area contributed by atoms with Crippen molar-refractivity contribution in [2.45, 2.75) is 33.0 Å². The molecule has 2 nitrogen and oxygen atoms in total. The van der Waals surface area contributed by atoms with Crippen LogP contribution in [0.2, 0.25) is 0 Å². The van der Waals surface area contributed by atoms with Crippen molar-refractivity contribution in [3.8, 4) is 5.75 Å². The van der Waals surface area contributed by atoms with Crippen LogP contribution < -0.4 is 10.1 Å².